The van der Waals surface area contributed by atoms with Gasteiger partial charge in [0.2, 0.25) is 0 Å². The maximum Gasteiger partial charge on any atom is 0.0799 e. The van der Waals surface area contributed by atoms with Crippen LogP contribution in [0.5, 0.6) is 0 Å². The summed E-state index contributed by atoms with van der Waals surface area (Å²) in [5.74, 6) is 0. The van der Waals surface area contributed by atoms with E-state index >= 15 is 0 Å². The summed E-state index contributed by atoms with van der Waals surface area (Å²) in [7, 11) is 0. The molecule has 0 spiro atoms. The van der Waals surface area contributed by atoms with Gasteiger partial charge in [0, 0.05) is 31.6 Å². The second-order valence-electron chi connectivity index (χ2n) is 3.14. The molecule has 0 N–H and O–H groups in total. The van der Waals surface area contributed by atoms with Crippen molar-refractivity contribution in [2.45, 2.75) is 13.0 Å². The van der Waals surface area contributed by atoms with Gasteiger partial charge in [-0.25, -0.2) is 0 Å². The summed E-state index contributed by atoms with van der Waals surface area (Å²) >= 11 is 3.44. The number of ether oxygens (including phenoxy) is 2. The van der Waals surface area contributed by atoms with E-state index in [0.717, 1.165) is 44.8 Å². The van der Waals surface area contributed by atoms with Crippen LogP contribution in [0.2, 0.25) is 0 Å². The van der Waals surface area contributed by atoms with Crippen molar-refractivity contribution in [2.75, 3.05) is 44.8 Å². The summed E-state index contributed by atoms with van der Waals surface area (Å²) in [4.78, 5) is 2.39. The highest BCUT2D eigenvalue weighted by Crippen LogP contribution is 2.06. The Bertz CT molecular complexity index is 135. The van der Waals surface area contributed by atoms with Crippen LogP contribution in [0.1, 0.15) is 6.92 Å². The Balaban J connectivity index is 2.11. The summed E-state index contributed by atoms with van der Waals surface area (Å²) < 4.78 is 10.8. The molecule has 0 radical (unpaired) electrons. The third-order valence-electron chi connectivity index (χ3n) is 2.15. The van der Waals surface area contributed by atoms with Crippen molar-refractivity contribution in [1.82, 2.24) is 4.90 Å². The van der Waals surface area contributed by atoms with Crippen molar-refractivity contribution in [3.63, 3.8) is 0 Å². The molecule has 1 heterocycles. The van der Waals surface area contributed by atoms with Gasteiger partial charge in [0.1, 0.15) is 0 Å². The summed E-state index contributed by atoms with van der Waals surface area (Å²) in [5.41, 5.74) is 0. The molecule has 0 amide bonds. The van der Waals surface area contributed by atoms with Crippen molar-refractivity contribution < 1.29 is 9.47 Å². The molecule has 0 aromatic rings. The smallest absolute Gasteiger partial charge is 0.0799 e. The van der Waals surface area contributed by atoms with Crippen LogP contribution in [0.3, 0.4) is 0 Å². The number of rotatable bonds is 5. The molecule has 1 atom stereocenters. The molecule has 3 nitrogen and oxygen atoms in total. The first-order chi connectivity index (χ1) is 6.36. The van der Waals surface area contributed by atoms with Gasteiger partial charge in [-0.05, 0) is 6.92 Å². The fourth-order valence-corrected chi connectivity index (χ4v) is 1.81. The molecule has 1 unspecified atom stereocenters. The molecular formula is C9H18BrNO2. The van der Waals surface area contributed by atoms with Crippen molar-refractivity contribution in [2.24, 2.45) is 0 Å². The van der Waals surface area contributed by atoms with E-state index < -0.39 is 0 Å². The molecule has 78 valence electrons. The molecule has 0 aliphatic carbocycles. The number of alkyl halides is 1. The number of morpholine rings is 1. The van der Waals surface area contributed by atoms with Gasteiger partial charge in [-0.15, -0.1) is 0 Å². The number of hydrogen-bond donors (Lipinski definition) is 0. The van der Waals surface area contributed by atoms with Gasteiger partial charge in [-0.2, -0.15) is 0 Å². The molecule has 0 aromatic carbocycles. The Kier molecular flexibility index (Phi) is 5.95. The van der Waals surface area contributed by atoms with Gasteiger partial charge < -0.3 is 9.47 Å². The number of hydrogen-bond acceptors (Lipinski definition) is 3. The molecule has 1 aliphatic rings. The normalized spacial score (nSPS) is 24.9. The van der Waals surface area contributed by atoms with E-state index in [0.29, 0.717) is 6.10 Å². The van der Waals surface area contributed by atoms with E-state index in [4.69, 9.17) is 9.47 Å². The maximum absolute atomic E-state index is 5.53. The minimum Gasteiger partial charge on any atom is -0.380 e. The van der Waals surface area contributed by atoms with E-state index in [-0.39, 0.29) is 0 Å². The zero-order chi connectivity index (χ0) is 9.52. The zero-order valence-electron chi connectivity index (χ0n) is 8.17. The van der Waals surface area contributed by atoms with Crippen LogP contribution in [-0.4, -0.2) is 55.8 Å². The van der Waals surface area contributed by atoms with Crippen molar-refractivity contribution >= 4 is 15.9 Å². The van der Waals surface area contributed by atoms with Gasteiger partial charge in [-0.3, -0.25) is 4.90 Å². The minimum atomic E-state index is 0.357. The SMILES string of the molecule is CCOCCN1CCOC(CBr)C1. The number of nitrogens with zero attached hydrogens (tertiary/aromatic N) is 1. The Hall–Kier alpha value is 0.360. The van der Waals surface area contributed by atoms with Crippen LogP contribution >= 0.6 is 15.9 Å². The second kappa shape index (κ2) is 6.76. The van der Waals surface area contributed by atoms with Gasteiger partial charge in [0.25, 0.3) is 0 Å². The van der Waals surface area contributed by atoms with Gasteiger partial charge in [-0.1, -0.05) is 15.9 Å². The standard InChI is InChI=1S/C9H18BrNO2/c1-2-12-5-3-11-4-6-13-9(7-10)8-11/h9H,2-8H2,1H3. The lowest BCUT2D eigenvalue weighted by Crippen LogP contribution is -2.44. The number of halogens is 1. The van der Waals surface area contributed by atoms with Crippen molar-refractivity contribution in [3.8, 4) is 0 Å². The lowest BCUT2D eigenvalue weighted by Gasteiger charge is -2.31. The van der Waals surface area contributed by atoms with E-state index in [2.05, 4.69) is 20.8 Å². The molecule has 1 saturated heterocycles. The molecule has 1 fully saturated rings. The average Bonchev–Trinajstić information content (AvgIpc) is 2.19. The molecule has 1 rings (SSSR count). The minimum absolute atomic E-state index is 0.357. The highest BCUT2D eigenvalue weighted by molar-refractivity contribution is 9.09. The van der Waals surface area contributed by atoms with Crippen LogP contribution in [0.25, 0.3) is 0 Å². The van der Waals surface area contributed by atoms with Crippen molar-refractivity contribution in [3.05, 3.63) is 0 Å². The Morgan fingerprint density at radius 1 is 1.62 bits per heavy atom. The molecule has 1 aliphatic heterocycles. The first kappa shape index (κ1) is 11.4. The van der Waals surface area contributed by atoms with Crippen molar-refractivity contribution in [1.29, 1.82) is 0 Å². The average molecular weight is 252 g/mol. The summed E-state index contributed by atoms with van der Waals surface area (Å²) in [6, 6.07) is 0. The van der Waals surface area contributed by atoms with Crippen LogP contribution in [0.4, 0.5) is 0 Å². The van der Waals surface area contributed by atoms with E-state index in [1.54, 1.807) is 0 Å². The molecule has 0 saturated carbocycles. The van der Waals surface area contributed by atoms with E-state index in [9.17, 15) is 0 Å². The molecule has 0 bridgehead atoms. The zero-order valence-corrected chi connectivity index (χ0v) is 9.75. The van der Waals surface area contributed by atoms with E-state index in [1.807, 2.05) is 6.92 Å². The summed E-state index contributed by atoms with van der Waals surface area (Å²) in [5, 5.41) is 0.929. The van der Waals surface area contributed by atoms with Crippen LogP contribution in [0, 0.1) is 0 Å². The molecule has 4 heteroatoms. The fraction of sp³-hybridized carbons (Fsp3) is 1.00. The van der Waals surface area contributed by atoms with Crippen LogP contribution in [-0.2, 0) is 9.47 Å². The molecular weight excluding hydrogens is 234 g/mol. The highest BCUT2D eigenvalue weighted by atomic mass is 79.9. The topological polar surface area (TPSA) is 21.7 Å². The Labute approximate surface area is 88.5 Å². The summed E-state index contributed by atoms with van der Waals surface area (Å²) in [6.07, 6.45) is 0.357. The fourth-order valence-electron chi connectivity index (χ4n) is 1.41. The summed E-state index contributed by atoms with van der Waals surface area (Å²) in [6.45, 7) is 7.62. The largest absolute Gasteiger partial charge is 0.380 e. The second-order valence-corrected chi connectivity index (χ2v) is 3.79. The molecule has 0 aromatic heterocycles. The van der Waals surface area contributed by atoms with Gasteiger partial charge in [0.05, 0.1) is 19.3 Å². The van der Waals surface area contributed by atoms with Gasteiger partial charge >= 0.3 is 0 Å². The predicted molar refractivity (Wildman–Crippen MR) is 56.5 cm³/mol. The molecule has 13 heavy (non-hydrogen) atoms. The quantitative estimate of drug-likeness (QED) is 0.540. The van der Waals surface area contributed by atoms with Crippen LogP contribution in [0.15, 0.2) is 0 Å². The lowest BCUT2D eigenvalue weighted by atomic mass is 10.3. The predicted octanol–water partition coefficient (Wildman–Crippen LogP) is 1.12. The van der Waals surface area contributed by atoms with Crippen LogP contribution < -0.4 is 0 Å². The maximum atomic E-state index is 5.53. The third kappa shape index (κ3) is 4.40. The first-order valence-corrected chi connectivity index (χ1v) is 5.96. The van der Waals surface area contributed by atoms with E-state index in [1.165, 1.54) is 0 Å². The Morgan fingerprint density at radius 3 is 3.15 bits per heavy atom. The lowest BCUT2D eigenvalue weighted by molar-refractivity contribution is -0.0235. The highest BCUT2D eigenvalue weighted by Gasteiger charge is 2.18. The first-order valence-electron chi connectivity index (χ1n) is 4.84. The monoisotopic (exact) mass is 251 g/mol. The van der Waals surface area contributed by atoms with Gasteiger partial charge in [0.15, 0.2) is 0 Å². The third-order valence-corrected chi connectivity index (χ3v) is 2.87. The Morgan fingerprint density at radius 2 is 2.46 bits per heavy atom.